The second-order valence-corrected chi connectivity index (χ2v) is 6.22. The largest absolute Gasteiger partial charge is 0.295 e. The van der Waals surface area contributed by atoms with Gasteiger partial charge in [0.15, 0.2) is 5.78 Å². The van der Waals surface area contributed by atoms with E-state index in [1.54, 1.807) is 0 Å². The number of benzene rings is 1. The van der Waals surface area contributed by atoms with E-state index in [9.17, 15) is 4.79 Å². The van der Waals surface area contributed by atoms with E-state index in [0.717, 1.165) is 28.9 Å². The summed E-state index contributed by atoms with van der Waals surface area (Å²) < 4.78 is 0.897. The minimum absolute atomic E-state index is 0.212. The van der Waals surface area contributed by atoms with Crippen molar-refractivity contribution in [1.82, 2.24) is 4.90 Å². The maximum absolute atomic E-state index is 12.2. The Bertz CT molecular complexity index is 389. The summed E-state index contributed by atoms with van der Waals surface area (Å²) in [5.41, 5.74) is 0.796. The predicted molar refractivity (Wildman–Crippen MR) is 76.9 cm³/mol. The monoisotopic (exact) mass is 313 g/mol. The maximum atomic E-state index is 12.2. The third-order valence-corrected chi connectivity index (χ3v) is 4.60. The van der Waals surface area contributed by atoms with Crippen LogP contribution in [-0.2, 0) is 0 Å². The molecule has 0 aliphatic carbocycles. The number of nitrogens with zero attached hydrogens (tertiary/aromatic N) is 1. The molecule has 1 heterocycles. The van der Waals surface area contributed by atoms with E-state index in [1.807, 2.05) is 36.0 Å². The molecule has 92 valence electrons. The lowest BCUT2D eigenvalue weighted by atomic mass is 10.1. The van der Waals surface area contributed by atoms with Gasteiger partial charge in [-0.2, -0.15) is 11.8 Å². The van der Waals surface area contributed by atoms with Gasteiger partial charge in [-0.15, -0.1) is 0 Å². The lowest BCUT2D eigenvalue weighted by molar-refractivity contribution is 0.0935. The van der Waals surface area contributed by atoms with Crippen LogP contribution in [0.1, 0.15) is 16.8 Å². The molecule has 1 aliphatic rings. The van der Waals surface area contributed by atoms with Crippen LogP contribution in [0.4, 0.5) is 0 Å². The first-order chi connectivity index (χ1) is 8.27. The van der Waals surface area contributed by atoms with Crippen LogP contribution in [0.25, 0.3) is 0 Å². The number of carbonyl (C=O) groups is 1. The van der Waals surface area contributed by atoms with Gasteiger partial charge in [0.05, 0.1) is 6.54 Å². The molecule has 1 aliphatic heterocycles. The number of ketones is 1. The molecule has 1 aromatic rings. The van der Waals surface area contributed by atoms with Crippen LogP contribution >= 0.6 is 27.7 Å². The van der Waals surface area contributed by atoms with Crippen LogP contribution in [0, 0.1) is 0 Å². The number of hydrogen-bond acceptors (Lipinski definition) is 3. The highest BCUT2D eigenvalue weighted by molar-refractivity contribution is 9.10. The minimum atomic E-state index is 0.212. The van der Waals surface area contributed by atoms with E-state index >= 15 is 0 Å². The molecular weight excluding hydrogens is 298 g/mol. The fraction of sp³-hybridized carbons (Fsp3) is 0.462. The Morgan fingerprint density at radius 2 is 2.12 bits per heavy atom. The third-order valence-electron chi connectivity index (χ3n) is 2.86. The molecule has 0 atom stereocenters. The Labute approximate surface area is 115 Å². The van der Waals surface area contributed by atoms with Crippen molar-refractivity contribution in [3.05, 3.63) is 34.3 Å². The first-order valence-corrected chi connectivity index (χ1v) is 7.80. The highest BCUT2D eigenvalue weighted by Crippen LogP contribution is 2.17. The van der Waals surface area contributed by atoms with Crippen LogP contribution in [0.15, 0.2) is 28.7 Å². The summed E-state index contributed by atoms with van der Waals surface area (Å²) in [6, 6.07) is 7.66. The second-order valence-electron chi connectivity index (χ2n) is 4.15. The number of thioether (sulfide) groups is 1. The molecule has 0 radical (unpaired) electrons. The lowest BCUT2D eigenvalue weighted by Crippen LogP contribution is -2.31. The Balaban J connectivity index is 1.98. The Morgan fingerprint density at radius 1 is 1.29 bits per heavy atom. The SMILES string of the molecule is O=C(CN1CCCSCC1)c1ccccc1Br. The van der Waals surface area contributed by atoms with E-state index < -0.39 is 0 Å². The zero-order valence-corrected chi connectivity index (χ0v) is 12.1. The van der Waals surface area contributed by atoms with Crippen molar-refractivity contribution in [2.75, 3.05) is 31.1 Å². The number of Topliss-reactive ketones (excluding diaryl/α,β-unsaturated/α-hetero) is 1. The van der Waals surface area contributed by atoms with E-state index in [-0.39, 0.29) is 5.78 Å². The summed E-state index contributed by atoms with van der Waals surface area (Å²) in [6.07, 6.45) is 1.19. The minimum Gasteiger partial charge on any atom is -0.295 e. The molecule has 2 nitrogen and oxygen atoms in total. The summed E-state index contributed by atoms with van der Waals surface area (Å²) >= 11 is 5.42. The molecular formula is C13H16BrNOS. The summed E-state index contributed by atoms with van der Waals surface area (Å²) in [5.74, 6) is 2.58. The van der Waals surface area contributed by atoms with Crippen molar-refractivity contribution < 1.29 is 4.79 Å². The predicted octanol–water partition coefficient (Wildman–Crippen LogP) is 3.07. The van der Waals surface area contributed by atoms with Gasteiger partial charge in [-0.3, -0.25) is 9.69 Å². The molecule has 0 N–H and O–H groups in total. The molecule has 1 fully saturated rings. The maximum Gasteiger partial charge on any atom is 0.177 e. The molecule has 0 bridgehead atoms. The fourth-order valence-corrected chi connectivity index (χ4v) is 3.36. The lowest BCUT2D eigenvalue weighted by Gasteiger charge is -2.18. The smallest absolute Gasteiger partial charge is 0.177 e. The Kier molecular flexibility index (Phi) is 5.07. The van der Waals surface area contributed by atoms with Crippen molar-refractivity contribution in [1.29, 1.82) is 0 Å². The van der Waals surface area contributed by atoms with Gasteiger partial charge < -0.3 is 0 Å². The Hall–Kier alpha value is -0.320. The van der Waals surface area contributed by atoms with E-state index in [0.29, 0.717) is 6.54 Å². The first-order valence-electron chi connectivity index (χ1n) is 5.85. The van der Waals surface area contributed by atoms with Crippen molar-refractivity contribution >= 4 is 33.5 Å². The van der Waals surface area contributed by atoms with E-state index in [1.165, 1.54) is 12.2 Å². The van der Waals surface area contributed by atoms with Gasteiger partial charge in [0.1, 0.15) is 0 Å². The van der Waals surface area contributed by atoms with Gasteiger partial charge in [0.2, 0.25) is 0 Å². The number of carbonyl (C=O) groups excluding carboxylic acids is 1. The molecule has 17 heavy (non-hydrogen) atoms. The molecule has 4 heteroatoms. The average Bonchev–Trinajstić information content (AvgIpc) is 2.58. The fourth-order valence-electron chi connectivity index (χ4n) is 1.93. The highest BCUT2D eigenvalue weighted by atomic mass is 79.9. The van der Waals surface area contributed by atoms with Gasteiger partial charge in [-0.25, -0.2) is 0 Å². The van der Waals surface area contributed by atoms with Crippen LogP contribution in [0.2, 0.25) is 0 Å². The third kappa shape index (κ3) is 3.83. The molecule has 0 unspecified atom stereocenters. The first kappa shape index (κ1) is 13.1. The summed E-state index contributed by atoms with van der Waals surface area (Å²) in [7, 11) is 0. The highest BCUT2D eigenvalue weighted by Gasteiger charge is 2.15. The average molecular weight is 314 g/mol. The van der Waals surface area contributed by atoms with Gasteiger partial charge >= 0.3 is 0 Å². The molecule has 1 aromatic carbocycles. The topological polar surface area (TPSA) is 20.3 Å². The van der Waals surface area contributed by atoms with Gasteiger partial charge in [-0.05, 0) is 24.8 Å². The second kappa shape index (κ2) is 6.57. The normalized spacial score (nSPS) is 17.7. The molecule has 1 saturated heterocycles. The number of halogens is 1. The summed E-state index contributed by atoms with van der Waals surface area (Å²) in [4.78, 5) is 14.4. The zero-order chi connectivity index (χ0) is 12.1. The molecule has 2 rings (SSSR count). The van der Waals surface area contributed by atoms with Gasteiger partial charge in [-0.1, -0.05) is 34.1 Å². The molecule has 0 aromatic heterocycles. The number of hydrogen-bond donors (Lipinski definition) is 0. The van der Waals surface area contributed by atoms with Crippen molar-refractivity contribution in [3.63, 3.8) is 0 Å². The summed E-state index contributed by atoms with van der Waals surface area (Å²) in [6.45, 7) is 2.62. The Morgan fingerprint density at radius 3 is 2.94 bits per heavy atom. The molecule has 0 spiro atoms. The quantitative estimate of drug-likeness (QED) is 0.800. The zero-order valence-electron chi connectivity index (χ0n) is 9.69. The van der Waals surface area contributed by atoms with Crippen molar-refractivity contribution in [2.24, 2.45) is 0 Å². The van der Waals surface area contributed by atoms with Crippen LogP contribution < -0.4 is 0 Å². The number of rotatable bonds is 3. The van der Waals surface area contributed by atoms with Crippen LogP contribution in [0.5, 0.6) is 0 Å². The standard InChI is InChI=1S/C13H16BrNOS/c14-12-5-2-1-4-11(12)13(16)10-15-6-3-8-17-9-7-15/h1-2,4-5H,3,6-10H2. The van der Waals surface area contributed by atoms with Crippen LogP contribution in [0.3, 0.4) is 0 Å². The van der Waals surface area contributed by atoms with Crippen molar-refractivity contribution in [3.8, 4) is 0 Å². The van der Waals surface area contributed by atoms with E-state index in [2.05, 4.69) is 20.8 Å². The molecule has 0 amide bonds. The van der Waals surface area contributed by atoms with Crippen molar-refractivity contribution in [2.45, 2.75) is 6.42 Å². The summed E-state index contributed by atoms with van der Waals surface area (Å²) in [5, 5.41) is 0. The van der Waals surface area contributed by atoms with Crippen LogP contribution in [-0.4, -0.2) is 41.8 Å². The van der Waals surface area contributed by atoms with Gasteiger partial charge in [0.25, 0.3) is 0 Å². The van der Waals surface area contributed by atoms with E-state index in [4.69, 9.17) is 0 Å². The molecule has 0 saturated carbocycles. The van der Waals surface area contributed by atoms with Gasteiger partial charge in [0, 0.05) is 22.3 Å².